The molecule has 0 amide bonds. The van der Waals surface area contributed by atoms with E-state index in [-0.39, 0.29) is 5.41 Å². The van der Waals surface area contributed by atoms with Crippen LogP contribution in [-0.4, -0.2) is 9.97 Å². The molecule has 0 aliphatic heterocycles. The number of nitrogen functional groups attached to an aromatic ring is 1. The van der Waals surface area contributed by atoms with Gasteiger partial charge in [-0.15, -0.1) is 0 Å². The molecule has 1 aromatic heterocycles. The summed E-state index contributed by atoms with van der Waals surface area (Å²) in [6, 6.07) is 7.25. The first kappa shape index (κ1) is 15.5. The Bertz CT molecular complexity index is 653. The van der Waals surface area contributed by atoms with Crippen LogP contribution in [-0.2, 0) is 5.41 Å². The molecule has 5 nitrogen and oxygen atoms in total. The van der Waals surface area contributed by atoms with Gasteiger partial charge in [-0.3, -0.25) is 0 Å². The molecule has 0 unspecified atom stereocenters. The number of hydrazine groups is 1. The van der Waals surface area contributed by atoms with Gasteiger partial charge < -0.3 is 10.2 Å². The monoisotopic (exact) mass is 306 g/mol. The third kappa shape index (κ3) is 3.43. The molecule has 0 spiro atoms. The Kier molecular flexibility index (Phi) is 4.34. The van der Waals surface area contributed by atoms with Gasteiger partial charge in [0, 0.05) is 5.41 Å². The number of aromatic nitrogens is 2. The van der Waals surface area contributed by atoms with Crippen LogP contribution in [0.25, 0.3) is 0 Å². The predicted octanol–water partition coefficient (Wildman–Crippen LogP) is 3.81. The fourth-order valence-corrected chi connectivity index (χ4v) is 1.88. The van der Waals surface area contributed by atoms with Crippen LogP contribution < -0.4 is 16.0 Å². The molecule has 1 heterocycles. The zero-order chi connectivity index (χ0) is 15.6. The summed E-state index contributed by atoms with van der Waals surface area (Å²) in [5.41, 5.74) is 3.09. The molecule has 0 atom stereocenters. The van der Waals surface area contributed by atoms with Crippen molar-refractivity contribution in [2.24, 2.45) is 5.84 Å². The third-order valence-corrected chi connectivity index (χ3v) is 3.26. The molecule has 0 aliphatic carbocycles. The van der Waals surface area contributed by atoms with E-state index in [1.165, 1.54) is 0 Å². The maximum atomic E-state index is 6.12. The highest BCUT2D eigenvalue weighted by atomic mass is 35.5. The number of anilines is 1. The van der Waals surface area contributed by atoms with Gasteiger partial charge in [-0.05, 0) is 19.1 Å². The van der Waals surface area contributed by atoms with Crippen LogP contribution in [0.5, 0.6) is 11.6 Å². The normalized spacial score (nSPS) is 11.3. The molecule has 0 radical (unpaired) electrons. The topological polar surface area (TPSA) is 73.1 Å². The average molecular weight is 307 g/mol. The van der Waals surface area contributed by atoms with Crippen molar-refractivity contribution in [1.82, 2.24) is 9.97 Å². The highest BCUT2D eigenvalue weighted by Gasteiger charge is 2.22. The Morgan fingerprint density at radius 2 is 1.86 bits per heavy atom. The van der Waals surface area contributed by atoms with Gasteiger partial charge in [-0.25, -0.2) is 10.8 Å². The van der Waals surface area contributed by atoms with Crippen LogP contribution in [0.2, 0.25) is 5.02 Å². The molecule has 0 saturated heterocycles. The summed E-state index contributed by atoms with van der Waals surface area (Å²) in [5, 5.41) is 0.523. The fourth-order valence-electron chi connectivity index (χ4n) is 1.70. The second kappa shape index (κ2) is 5.87. The van der Waals surface area contributed by atoms with E-state index in [4.69, 9.17) is 22.2 Å². The summed E-state index contributed by atoms with van der Waals surface area (Å²) in [5.74, 6) is 7.70. The van der Waals surface area contributed by atoms with Gasteiger partial charge in [0.2, 0.25) is 5.88 Å². The number of nitrogens with two attached hydrogens (primary N) is 1. The number of benzene rings is 1. The van der Waals surface area contributed by atoms with Gasteiger partial charge >= 0.3 is 0 Å². The van der Waals surface area contributed by atoms with E-state index in [0.29, 0.717) is 28.3 Å². The van der Waals surface area contributed by atoms with Crippen LogP contribution in [0.3, 0.4) is 0 Å². The molecule has 1 aromatic carbocycles. The summed E-state index contributed by atoms with van der Waals surface area (Å²) in [6.07, 6.45) is 0. The van der Waals surface area contributed by atoms with E-state index in [1.807, 2.05) is 39.8 Å². The summed E-state index contributed by atoms with van der Waals surface area (Å²) in [6.45, 7) is 7.92. The summed E-state index contributed by atoms with van der Waals surface area (Å²) in [4.78, 5) is 8.93. The zero-order valence-electron chi connectivity index (χ0n) is 12.6. The molecule has 3 N–H and O–H groups in total. The van der Waals surface area contributed by atoms with Crippen molar-refractivity contribution in [3.63, 3.8) is 0 Å². The lowest BCUT2D eigenvalue weighted by Gasteiger charge is -2.20. The third-order valence-electron chi connectivity index (χ3n) is 2.95. The Morgan fingerprint density at radius 1 is 1.19 bits per heavy atom. The van der Waals surface area contributed by atoms with Crippen molar-refractivity contribution >= 4 is 17.4 Å². The summed E-state index contributed by atoms with van der Waals surface area (Å²) < 4.78 is 5.84. The molecule has 0 saturated carbocycles. The first-order chi connectivity index (χ1) is 9.82. The number of rotatable bonds is 3. The zero-order valence-corrected chi connectivity index (χ0v) is 13.3. The fraction of sp³-hybridized carbons (Fsp3) is 0.333. The lowest BCUT2D eigenvalue weighted by Crippen LogP contribution is -2.20. The largest absolute Gasteiger partial charge is 0.437 e. The number of nitrogens with zero attached hydrogens (tertiary/aromatic N) is 2. The Morgan fingerprint density at radius 3 is 2.43 bits per heavy atom. The number of ether oxygens (including phenoxy) is 1. The van der Waals surface area contributed by atoms with Crippen LogP contribution in [0.4, 0.5) is 5.82 Å². The lowest BCUT2D eigenvalue weighted by molar-refractivity contribution is 0.442. The first-order valence-electron chi connectivity index (χ1n) is 6.61. The minimum atomic E-state index is -0.224. The van der Waals surface area contributed by atoms with Gasteiger partial charge in [0.05, 0.1) is 10.6 Å². The molecule has 112 valence electrons. The minimum absolute atomic E-state index is 0.224. The maximum absolute atomic E-state index is 6.12. The van der Waals surface area contributed by atoms with Gasteiger partial charge in [-0.1, -0.05) is 44.5 Å². The summed E-state index contributed by atoms with van der Waals surface area (Å²) in [7, 11) is 0. The standard InChI is InChI=1S/C15H19ClN4O/c1-9-12(20-17)18-14(15(2,3)4)19-13(9)21-11-8-6-5-7-10(11)16/h5-8H,17H2,1-4H3,(H,18,19,20). The van der Waals surface area contributed by atoms with Crippen LogP contribution in [0, 0.1) is 6.92 Å². The summed E-state index contributed by atoms with van der Waals surface area (Å²) >= 11 is 6.12. The molecule has 2 aromatic rings. The number of hydrogen-bond acceptors (Lipinski definition) is 5. The highest BCUT2D eigenvalue weighted by Crippen LogP contribution is 2.33. The van der Waals surface area contributed by atoms with Crippen LogP contribution >= 0.6 is 11.6 Å². The quantitative estimate of drug-likeness (QED) is 0.666. The van der Waals surface area contributed by atoms with Crippen molar-refractivity contribution in [1.29, 1.82) is 0 Å². The van der Waals surface area contributed by atoms with Gasteiger partial charge in [0.25, 0.3) is 0 Å². The molecular formula is C15H19ClN4O. The molecule has 0 bridgehead atoms. The van der Waals surface area contributed by atoms with E-state index in [2.05, 4.69) is 15.4 Å². The second-order valence-electron chi connectivity index (χ2n) is 5.75. The Balaban J connectivity index is 2.50. The van der Waals surface area contributed by atoms with Crippen LogP contribution in [0.15, 0.2) is 24.3 Å². The van der Waals surface area contributed by atoms with Crippen molar-refractivity contribution in [3.05, 3.63) is 40.7 Å². The molecule has 21 heavy (non-hydrogen) atoms. The van der Waals surface area contributed by atoms with E-state index in [0.717, 1.165) is 5.56 Å². The minimum Gasteiger partial charge on any atom is -0.437 e. The molecule has 6 heteroatoms. The highest BCUT2D eigenvalue weighted by molar-refractivity contribution is 6.32. The molecule has 2 rings (SSSR count). The lowest BCUT2D eigenvalue weighted by atomic mass is 9.95. The second-order valence-corrected chi connectivity index (χ2v) is 6.16. The molecular weight excluding hydrogens is 288 g/mol. The average Bonchev–Trinajstić information content (AvgIpc) is 2.42. The number of para-hydroxylation sites is 1. The molecule has 0 fully saturated rings. The molecule has 0 aliphatic rings. The first-order valence-corrected chi connectivity index (χ1v) is 6.99. The van der Waals surface area contributed by atoms with E-state index in [9.17, 15) is 0 Å². The van der Waals surface area contributed by atoms with Crippen LogP contribution in [0.1, 0.15) is 32.2 Å². The smallest absolute Gasteiger partial charge is 0.227 e. The number of halogens is 1. The maximum Gasteiger partial charge on any atom is 0.227 e. The SMILES string of the molecule is Cc1c(NN)nc(C(C)(C)C)nc1Oc1ccccc1Cl. The van der Waals surface area contributed by atoms with Gasteiger partial charge in [0.15, 0.2) is 5.82 Å². The Labute approximate surface area is 129 Å². The van der Waals surface area contributed by atoms with E-state index >= 15 is 0 Å². The Hall–Kier alpha value is -1.85. The van der Waals surface area contributed by atoms with Crippen molar-refractivity contribution in [3.8, 4) is 11.6 Å². The van der Waals surface area contributed by atoms with Gasteiger partial charge in [-0.2, -0.15) is 4.98 Å². The van der Waals surface area contributed by atoms with Crippen molar-refractivity contribution in [2.45, 2.75) is 33.1 Å². The predicted molar refractivity (Wildman–Crippen MR) is 84.8 cm³/mol. The van der Waals surface area contributed by atoms with Crippen molar-refractivity contribution < 1.29 is 4.74 Å². The van der Waals surface area contributed by atoms with E-state index in [1.54, 1.807) is 12.1 Å². The van der Waals surface area contributed by atoms with Gasteiger partial charge in [0.1, 0.15) is 11.6 Å². The van der Waals surface area contributed by atoms with E-state index < -0.39 is 0 Å². The number of hydrogen-bond donors (Lipinski definition) is 2. The van der Waals surface area contributed by atoms with Crippen molar-refractivity contribution in [2.75, 3.05) is 5.43 Å². The number of nitrogens with one attached hydrogen (secondary N) is 1.